The second-order valence-electron chi connectivity index (χ2n) is 5.39. The van der Waals surface area contributed by atoms with Gasteiger partial charge in [0.25, 0.3) is 5.91 Å². The molecule has 3 aromatic rings. The molecule has 0 atom stereocenters. The molecule has 1 N–H and O–H groups in total. The summed E-state index contributed by atoms with van der Waals surface area (Å²) in [6.07, 6.45) is 1.71. The smallest absolute Gasteiger partial charge is 0.251 e. The number of aromatic nitrogens is 3. The predicted molar refractivity (Wildman–Crippen MR) is 88.4 cm³/mol. The highest BCUT2D eigenvalue weighted by molar-refractivity contribution is 5.94. The molecular formula is C18H18N4O. The average Bonchev–Trinajstić information content (AvgIpc) is 2.92. The summed E-state index contributed by atoms with van der Waals surface area (Å²) in [7, 11) is 0. The molecule has 1 amide bonds. The molecule has 5 nitrogen and oxygen atoms in total. The van der Waals surface area contributed by atoms with Crippen LogP contribution in [-0.2, 0) is 6.54 Å². The number of amides is 1. The van der Waals surface area contributed by atoms with E-state index < -0.39 is 0 Å². The topological polar surface area (TPSA) is 59.8 Å². The second-order valence-corrected chi connectivity index (χ2v) is 5.39. The van der Waals surface area contributed by atoms with E-state index in [9.17, 15) is 4.79 Å². The van der Waals surface area contributed by atoms with Crippen LogP contribution in [0.3, 0.4) is 0 Å². The van der Waals surface area contributed by atoms with Crippen molar-refractivity contribution in [1.29, 1.82) is 0 Å². The van der Waals surface area contributed by atoms with Gasteiger partial charge in [0.15, 0.2) is 0 Å². The molecular weight excluding hydrogens is 288 g/mol. The first-order chi connectivity index (χ1) is 11.1. The van der Waals surface area contributed by atoms with Crippen LogP contribution in [0.2, 0.25) is 0 Å². The molecule has 0 fully saturated rings. The van der Waals surface area contributed by atoms with E-state index in [1.54, 1.807) is 12.3 Å². The van der Waals surface area contributed by atoms with Gasteiger partial charge in [0, 0.05) is 17.5 Å². The summed E-state index contributed by atoms with van der Waals surface area (Å²) < 4.78 is 1.84. The SMILES string of the molecule is Cc1cc(C)n(-c2cccc(C(=O)NCc3ccccn3)c2)n1. The van der Waals surface area contributed by atoms with Crippen LogP contribution < -0.4 is 5.32 Å². The fourth-order valence-corrected chi connectivity index (χ4v) is 2.44. The van der Waals surface area contributed by atoms with Gasteiger partial charge < -0.3 is 5.32 Å². The first-order valence-corrected chi connectivity index (χ1v) is 7.45. The summed E-state index contributed by atoms with van der Waals surface area (Å²) in [4.78, 5) is 16.5. The molecule has 0 saturated heterocycles. The van der Waals surface area contributed by atoms with Gasteiger partial charge in [-0.05, 0) is 50.2 Å². The van der Waals surface area contributed by atoms with Crippen molar-refractivity contribution >= 4 is 5.91 Å². The van der Waals surface area contributed by atoms with E-state index in [2.05, 4.69) is 15.4 Å². The van der Waals surface area contributed by atoms with Crippen molar-refractivity contribution < 1.29 is 4.79 Å². The lowest BCUT2D eigenvalue weighted by atomic mass is 10.2. The third-order valence-electron chi connectivity index (χ3n) is 3.52. The number of carbonyl (C=O) groups excluding carboxylic acids is 1. The Morgan fingerprint density at radius 1 is 1.13 bits per heavy atom. The minimum absolute atomic E-state index is 0.126. The molecule has 5 heteroatoms. The summed E-state index contributed by atoms with van der Waals surface area (Å²) in [5, 5.41) is 7.33. The number of rotatable bonds is 4. The van der Waals surface area contributed by atoms with Gasteiger partial charge in [0.05, 0.1) is 23.6 Å². The molecule has 0 aliphatic carbocycles. The Morgan fingerprint density at radius 2 is 2.00 bits per heavy atom. The van der Waals surface area contributed by atoms with Gasteiger partial charge in [-0.15, -0.1) is 0 Å². The molecule has 23 heavy (non-hydrogen) atoms. The molecule has 0 radical (unpaired) electrons. The maximum atomic E-state index is 12.3. The zero-order valence-electron chi connectivity index (χ0n) is 13.2. The molecule has 0 unspecified atom stereocenters. The van der Waals surface area contributed by atoms with E-state index in [0.29, 0.717) is 12.1 Å². The Labute approximate surface area is 135 Å². The lowest BCUT2D eigenvalue weighted by molar-refractivity contribution is 0.0950. The average molecular weight is 306 g/mol. The van der Waals surface area contributed by atoms with E-state index in [1.807, 2.05) is 61.0 Å². The highest BCUT2D eigenvalue weighted by Crippen LogP contribution is 2.14. The standard InChI is InChI=1S/C18H18N4O/c1-13-10-14(2)22(21-13)17-8-5-6-15(11-17)18(23)20-12-16-7-3-4-9-19-16/h3-11H,12H2,1-2H3,(H,20,23). The Balaban J connectivity index is 1.77. The monoisotopic (exact) mass is 306 g/mol. The minimum Gasteiger partial charge on any atom is -0.346 e. The van der Waals surface area contributed by atoms with Crippen LogP contribution in [0, 0.1) is 13.8 Å². The fourth-order valence-electron chi connectivity index (χ4n) is 2.44. The number of carbonyl (C=O) groups is 1. The first-order valence-electron chi connectivity index (χ1n) is 7.45. The molecule has 0 saturated carbocycles. The molecule has 0 spiro atoms. The third-order valence-corrected chi connectivity index (χ3v) is 3.52. The molecule has 0 aliphatic heterocycles. The summed E-state index contributed by atoms with van der Waals surface area (Å²) >= 11 is 0. The van der Waals surface area contributed by atoms with Crippen molar-refractivity contribution in [2.45, 2.75) is 20.4 Å². The molecule has 1 aromatic carbocycles. The maximum absolute atomic E-state index is 12.3. The predicted octanol–water partition coefficient (Wildman–Crippen LogP) is 2.81. The van der Waals surface area contributed by atoms with Gasteiger partial charge in [0.1, 0.15) is 0 Å². The van der Waals surface area contributed by atoms with Crippen molar-refractivity contribution in [3.05, 3.63) is 77.4 Å². The van der Waals surface area contributed by atoms with E-state index in [-0.39, 0.29) is 5.91 Å². The van der Waals surface area contributed by atoms with Crippen LogP contribution in [0.4, 0.5) is 0 Å². The number of nitrogens with one attached hydrogen (secondary N) is 1. The normalized spacial score (nSPS) is 10.5. The molecule has 0 bridgehead atoms. The van der Waals surface area contributed by atoms with Crippen molar-refractivity contribution in [1.82, 2.24) is 20.1 Å². The van der Waals surface area contributed by atoms with E-state index in [0.717, 1.165) is 22.8 Å². The number of aryl methyl sites for hydroxylation is 2. The highest BCUT2D eigenvalue weighted by atomic mass is 16.1. The first kappa shape index (κ1) is 15.0. The van der Waals surface area contributed by atoms with Gasteiger partial charge in [0.2, 0.25) is 0 Å². The lowest BCUT2D eigenvalue weighted by Gasteiger charge is -2.08. The molecule has 3 rings (SSSR count). The largest absolute Gasteiger partial charge is 0.346 e. The van der Waals surface area contributed by atoms with E-state index >= 15 is 0 Å². The fraction of sp³-hybridized carbons (Fsp3) is 0.167. The number of nitrogens with zero attached hydrogens (tertiary/aromatic N) is 3. The zero-order valence-corrected chi connectivity index (χ0v) is 13.2. The summed E-state index contributed by atoms with van der Waals surface area (Å²) in [5.41, 5.74) is 4.30. The van der Waals surface area contributed by atoms with Crippen LogP contribution in [0.15, 0.2) is 54.7 Å². The van der Waals surface area contributed by atoms with Crippen molar-refractivity contribution in [3.63, 3.8) is 0 Å². The number of benzene rings is 1. The molecule has 116 valence electrons. The van der Waals surface area contributed by atoms with E-state index in [1.165, 1.54) is 0 Å². The van der Waals surface area contributed by atoms with Crippen molar-refractivity contribution in [2.24, 2.45) is 0 Å². The van der Waals surface area contributed by atoms with Crippen LogP contribution in [0.5, 0.6) is 0 Å². The van der Waals surface area contributed by atoms with Gasteiger partial charge in [-0.25, -0.2) is 4.68 Å². The quantitative estimate of drug-likeness (QED) is 0.806. The minimum atomic E-state index is -0.126. The zero-order chi connectivity index (χ0) is 16.2. The van der Waals surface area contributed by atoms with E-state index in [4.69, 9.17) is 0 Å². The van der Waals surface area contributed by atoms with Crippen molar-refractivity contribution in [3.8, 4) is 5.69 Å². The van der Waals surface area contributed by atoms with Gasteiger partial charge in [-0.2, -0.15) is 5.10 Å². The number of hydrogen-bond donors (Lipinski definition) is 1. The molecule has 0 aliphatic rings. The Bertz CT molecular complexity index is 824. The summed E-state index contributed by atoms with van der Waals surface area (Å²) in [5.74, 6) is -0.126. The highest BCUT2D eigenvalue weighted by Gasteiger charge is 2.09. The van der Waals surface area contributed by atoms with Gasteiger partial charge in [-0.1, -0.05) is 12.1 Å². The summed E-state index contributed by atoms with van der Waals surface area (Å²) in [6, 6.07) is 15.1. The number of hydrogen-bond acceptors (Lipinski definition) is 3. The molecule has 2 aromatic heterocycles. The van der Waals surface area contributed by atoms with Crippen LogP contribution in [0.1, 0.15) is 27.4 Å². The Morgan fingerprint density at radius 3 is 2.70 bits per heavy atom. The van der Waals surface area contributed by atoms with Gasteiger partial charge in [-0.3, -0.25) is 9.78 Å². The lowest BCUT2D eigenvalue weighted by Crippen LogP contribution is -2.23. The summed E-state index contributed by atoms with van der Waals surface area (Å²) in [6.45, 7) is 4.35. The second kappa shape index (κ2) is 6.44. The van der Waals surface area contributed by atoms with Crippen molar-refractivity contribution in [2.75, 3.05) is 0 Å². The Kier molecular flexibility index (Phi) is 4.19. The van der Waals surface area contributed by atoms with Crippen LogP contribution in [-0.4, -0.2) is 20.7 Å². The van der Waals surface area contributed by atoms with Crippen LogP contribution >= 0.6 is 0 Å². The maximum Gasteiger partial charge on any atom is 0.251 e. The number of pyridine rings is 1. The molecule has 2 heterocycles. The Hall–Kier alpha value is -2.95. The third kappa shape index (κ3) is 3.45. The van der Waals surface area contributed by atoms with Crippen LogP contribution in [0.25, 0.3) is 5.69 Å². The van der Waals surface area contributed by atoms with Gasteiger partial charge >= 0.3 is 0 Å².